The molecule has 2 aromatic carbocycles. The summed E-state index contributed by atoms with van der Waals surface area (Å²) in [5, 5.41) is 5.45. The van der Waals surface area contributed by atoms with Crippen LogP contribution < -0.4 is 5.32 Å². The van der Waals surface area contributed by atoms with E-state index in [4.69, 9.17) is 11.6 Å². The van der Waals surface area contributed by atoms with Crippen LogP contribution in [0.4, 0.5) is 4.39 Å². The quantitative estimate of drug-likeness (QED) is 0.556. The van der Waals surface area contributed by atoms with Gasteiger partial charge in [-0.05, 0) is 35.4 Å². The van der Waals surface area contributed by atoms with Crippen LogP contribution >= 0.6 is 34.7 Å². The first kappa shape index (κ1) is 18.9. The molecule has 0 fully saturated rings. The lowest BCUT2D eigenvalue weighted by molar-refractivity contribution is -0.120. The van der Waals surface area contributed by atoms with Crippen molar-refractivity contribution in [2.45, 2.75) is 23.1 Å². The van der Waals surface area contributed by atoms with E-state index >= 15 is 0 Å². The molecule has 0 unspecified atom stereocenters. The normalized spacial score (nSPS) is 10.7. The summed E-state index contributed by atoms with van der Waals surface area (Å²) in [6.45, 7) is 0.465. The number of aromatic nitrogens is 1. The Balaban J connectivity index is 1.45. The Kier molecular flexibility index (Phi) is 6.66. The summed E-state index contributed by atoms with van der Waals surface area (Å²) in [7, 11) is 0. The molecular formula is C19H16ClFN2OS2. The number of amides is 1. The zero-order chi connectivity index (χ0) is 18.4. The van der Waals surface area contributed by atoms with Crippen LogP contribution in [-0.2, 0) is 23.5 Å². The SMILES string of the molecule is O=C(Cc1csc(SCc2ccc(F)cc2)n1)NCc1ccc(Cl)cc1. The molecule has 0 atom stereocenters. The van der Waals surface area contributed by atoms with Crippen molar-refractivity contribution < 1.29 is 9.18 Å². The molecule has 0 aliphatic carbocycles. The van der Waals surface area contributed by atoms with Crippen molar-refractivity contribution in [2.75, 3.05) is 0 Å². The van der Waals surface area contributed by atoms with Crippen molar-refractivity contribution in [3.63, 3.8) is 0 Å². The lowest BCUT2D eigenvalue weighted by atomic mass is 10.2. The molecule has 0 aliphatic heterocycles. The molecule has 0 aliphatic rings. The van der Waals surface area contributed by atoms with Crippen molar-refractivity contribution >= 4 is 40.6 Å². The number of carbonyl (C=O) groups is 1. The van der Waals surface area contributed by atoms with Gasteiger partial charge in [0.2, 0.25) is 5.91 Å². The summed E-state index contributed by atoms with van der Waals surface area (Å²) in [4.78, 5) is 16.5. The fourth-order valence-corrected chi connectivity index (χ4v) is 4.12. The largest absolute Gasteiger partial charge is 0.352 e. The Hall–Kier alpha value is -1.89. The number of thioether (sulfide) groups is 1. The zero-order valence-corrected chi connectivity index (χ0v) is 16.1. The van der Waals surface area contributed by atoms with Crippen molar-refractivity contribution in [2.24, 2.45) is 0 Å². The summed E-state index contributed by atoms with van der Waals surface area (Å²) in [6.07, 6.45) is 0.251. The second-order valence-electron chi connectivity index (χ2n) is 5.60. The van der Waals surface area contributed by atoms with Gasteiger partial charge in [0, 0.05) is 22.7 Å². The molecule has 134 valence electrons. The predicted octanol–water partition coefficient (Wildman–Crippen LogP) is 5.09. The van der Waals surface area contributed by atoms with Crippen molar-refractivity contribution in [3.05, 3.63) is 81.6 Å². The second kappa shape index (κ2) is 9.16. The van der Waals surface area contributed by atoms with E-state index in [2.05, 4.69) is 10.3 Å². The van der Waals surface area contributed by atoms with Crippen molar-refractivity contribution in [1.29, 1.82) is 0 Å². The van der Waals surface area contributed by atoms with E-state index in [1.165, 1.54) is 23.5 Å². The van der Waals surface area contributed by atoms with Crippen molar-refractivity contribution in [3.8, 4) is 0 Å². The third kappa shape index (κ3) is 5.83. The number of benzene rings is 2. The molecule has 26 heavy (non-hydrogen) atoms. The van der Waals surface area contributed by atoms with Crippen LogP contribution in [-0.4, -0.2) is 10.9 Å². The first-order chi connectivity index (χ1) is 12.6. The lowest BCUT2D eigenvalue weighted by Crippen LogP contribution is -2.24. The fraction of sp³-hybridized carbons (Fsp3) is 0.158. The number of hydrogen-bond acceptors (Lipinski definition) is 4. The maximum atomic E-state index is 12.9. The number of halogens is 2. The second-order valence-corrected chi connectivity index (χ2v) is 8.12. The fourth-order valence-electron chi connectivity index (χ4n) is 2.19. The monoisotopic (exact) mass is 406 g/mol. The van der Waals surface area contributed by atoms with Crippen LogP contribution in [0.3, 0.4) is 0 Å². The first-order valence-corrected chi connectivity index (χ1v) is 10.2. The highest BCUT2D eigenvalue weighted by molar-refractivity contribution is 8.00. The molecule has 1 amide bonds. The molecule has 0 saturated carbocycles. The standard InChI is InChI=1S/C19H16ClFN2OS2/c20-15-5-1-13(2-6-15)10-22-18(24)9-17-12-26-19(23-17)25-11-14-3-7-16(21)8-4-14/h1-8,12H,9-11H2,(H,22,24). The molecule has 3 nitrogen and oxygen atoms in total. The minimum Gasteiger partial charge on any atom is -0.352 e. The summed E-state index contributed by atoms with van der Waals surface area (Å²) >= 11 is 8.94. The van der Waals surface area contributed by atoms with E-state index in [-0.39, 0.29) is 18.1 Å². The predicted molar refractivity (Wildman–Crippen MR) is 105 cm³/mol. The minimum atomic E-state index is -0.236. The molecule has 0 bridgehead atoms. The highest BCUT2D eigenvalue weighted by Crippen LogP contribution is 2.26. The van der Waals surface area contributed by atoms with Gasteiger partial charge in [-0.2, -0.15) is 0 Å². The maximum Gasteiger partial charge on any atom is 0.226 e. The van der Waals surface area contributed by atoms with E-state index in [0.29, 0.717) is 11.6 Å². The Bertz CT molecular complexity index is 866. The number of hydrogen-bond donors (Lipinski definition) is 1. The van der Waals surface area contributed by atoms with Gasteiger partial charge >= 0.3 is 0 Å². The van der Waals surface area contributed by atoms with Crippen LogP contribution in [0.2, 0.25) is 5.02 Å². The van der Waals surface area contributed by atoms with Gasteiger partial charge in [0.25, 0.3) is 0 Å². The number of carbonyl (C=O) groups excluding carboxylic acids is 1. The molecule has 1 aromatic heterocycles. The Morgan fingerprint density at radius 2 is 1.81 bits per heavy atom. The average molecular weight is 407 g/mol. The van der Waals surface area contributed by atoms with Gasteiger partial charge in [-0.25, -0.2) is 9.37 Å². The van der Waals surface area contributed by atoms with E-state index in [1.54, 1.807) is 36.0 Å². The Labute approximate surface area is 164 Å². The van der Waals surface area contributed by atoms with Crippen LogP contribution in [0.15, 0.2) is 58.3 Å². The molecule has 1 N–H and O–H groups in total. The third-order valence-electron chi connectivity index (χ3n) is 3.55. The number of nitrogens with one attached hydrogen (secondary N) is 1. The lowest BCUT2D eigenvalue weighted by Gasteiger charge is -2.04. The summed E-state index contributed by atoms with van der Waals surface area (Å²) in [5.41, 5.74) is 2.79. The Morgan fingerprint density at radius 3 is 2.54 bits per heavy atom. The number of thiazole rings is 1. The Morgan fingerprint density at radius 1 is 1.12 bits per heavy atom. The van der Waals surface area contributed by atoms with Crippen LogP contribution in [0.1, 0.15) is 16.8 Å². The highest BCUT2D eigenvalue weighted by atomic mass is 35.5. The summed E-state index contributed by atoms with van der Waals surface area (Å²) in [6, 6.07) is 13.8. The van der Waals surface area contributed by atoms with Crippen LogP contribution in [0.25, 0.3) is 0 Å². The maximum absolute atomic E-state index is 12.9. The molecule has 0 saturated heterocycles. The number of nitrogens with zero attached hydrogens (tertiary/aromatic N) is 1. The van der Waals surface area contributed by atoms with Gasteiger partial charge in [0.1, 0.15) is 10.2 Å². The van der Waals surface area contributed by atoms with Gasteiger partial charge < -0.3 is 5.32 Å². The van der Waals surface area contributed by atoms with Gasteiger partial charge in [0.15, 0.2) is 0 Å². The van der Waals surface area contributed by atoms with Gasteiger partial charge in [-0.1, -0.05) is 47.6 Å². The number of rotatable bonds is 7. The van der Waals surface area contributed by atoms with Gasteiger partial charge in [-0.15, -0.1) is 11.3 Å². The summed E-state index contributed by atoms with van der Waals surface area (Å²) in [5.74, 6) is 0.413. The molecule has 1 heterocycles. The zero-order valence-electron chi connectivity index (χ0n) is 13.7. The van der Waals surface area contributed by atoms with E-state index in [1.807, 2.05) is 17.5 Å². The molecule has 0 spiro atoms. The smallest absolute Gasteiger partial charge is 0.226 e. The molecule has 0 radical (unpaired) electrons. The highest BCUT2D eigenvalue weighted by Gasteiger charge is 2.08. The van der Waals surface area contributed by atoms with Gasteiger partial charge in [-0.3, -0.25) is 4.79 Å². The van der Waals surface area contributed by atoms with Crippen LogP contribution in [0, 0.1) is 5.82 Å². The first-order valence-electron chi connectivity index (χ1n) is 7.91. The topological polar surface area (TPSA) is 42.0 Å². The minimum absolute atomic E-state index is 0.0691. The molecule has 3 aromatic rings. The van der Waals surface area contributed by atoms with E-state index in [9.17, 15) is 9.18 Å². The van der Waals surface area contributed by atoms with Gasteiger partial charge in [0.05, 0.1) is 12.1 Å². The van der Waals surface area contributed by atoms with E-state index in [0.717, 1.165) is 26.9 Å². The van der Waals surface area contributed by atoms with Crippen molar-refractivity contribution in [1.82, 2.24) is 10.3 Å². The summed E-state index contributed by atoms with van der Waals surface area (Å²) < 4.78 is 13.8. The molecular weight excluding hydrogens is 391 g/mol. The average Bonchev–Trinajstić information content (AvgIpc) is 3.08. The van der Waals surface area contributed by atoms with E-state index < -0.39 is 0 Å². The third-order valence-corrected chi connectivity index (χ3v) is 5.94. The van der Waals surface area contributed by atoms with Crippen LogP contribution in [0.5, 0.6) is 0 Å². The molecule has 3 rings (SSSR count). The molecule has 7 heteroatoms.